The molecule has 0 saturated heterocycles. The van der Waals surface area contributed by atoms with Crippen molar-refractivity contribution < 1.29 is 14.3 Å². The summed E-state index contributed by atoms with van der Waals surface area (Å²) in [6.45, 7) is 8.97. The minimum Gasteiger partial charge on any atom is -0.380 e. The minimum atomic E-state index is -0.818. The van der Waals surface area contributed by atoms with Crippen LogP contribution >= 0.6 is 0 Å². The summed E-state index contributed by atoms with van der Waals surface area (Å²) in [6.07, 6.45) is 9.22. The standard InChI is InChI=1S/C28H38N4O3/c1-4-7-12-34-17-28(18-35-13-8-5-2)22-15-23-21(14-24(22)32(6-3)27(28)33)20-11-9-10-19-16-29-31-25(19)26(20)30-23/h14-16,30H,4-13,17-18H2,1-3H3,(H,29,31). The van der Waals surface area contributed by atoms with Gasteiger partial charge in [0.1, 0.15) is 11.1 Å². The molecular weight excluding hydrogens is 440 g/mol. The van der Waals surface area contributed by atoms with E-state index in [2.05, 4.69) is 41.2 Å². The van der Waals surface area contributed by atoms with Gasteiger partial charge in [0, 0.05) is 42.5 Å². The Kier molecular flexibility index (Phi) is 6.98. The summed E-state index contributed by atoms with van der Waals surface area (Å²) in [6, 6.07) is 4.41. The number of hydrogen-bond acceptors (Lipinski definition) is 4. The number of nitrogens with one attached hydrogen (secondary N) is 2. The van der Waals surface area contributed by atoms with Crippen molar-refractivity contribution in [2.75, 3.05) is 37.9 Å². The number of aryl methyl sites for hydroxylation is 2. The number of amides is 1. The molecule has 0 fully saturated rings. The Hall–Kier alpha value is -2.64. The number of aromatic amines is 2. The molecule has 1 aromatic carbocycles. The monoisotopic (exact) mass is 478 g/mol. The number of likely N-dealkylation sites (N-methyl/N-ethyl adjacent to an activating group) is 1. The Bertz CT molecular complexity index is 1180. The van der Waals surface area contributed by atoms with Gasteiger partial charge in [0.15, 0.2) is 0 Å². The second-order valence-electron chi connectivity index (χ2n) is 9.95. The normalized spacial score (nSPS) is 16.4. The van der Waals surface area contributed by atoms with Gasteiger partial charge in [0.25, 0.3) is 0 Å². The predicted molar refractivity (Wildman–Crippen MR) is 139 cm³/mol. The van der Waals surface area contributed by atoms with Crippen molar-refractivity contribution in [1.29, 1.82) is 0 Å². The van der Waals surface area contributed by atoms with Crippen LogP contribution in [-0.2, 0) is 32.5 Å². The molecule has 1 aliphatic carbocycles. The lowest BCUT2D eigenvalue weighted by molar-refractivity contribution is -0.128. The van der Waals surface area contributed by atoms with Crippen LogP contribution in [0.4, 0.5) is 5.69 Å². The predicted octanol–water partition coefficient (Wildman–Crippen LogP) is 5.28. The zero-order valence-electron chi connectivity index (χ0n) is 21.3. The van der Waals surface area contributed by atoms with Gasteiger partial charge >= 0.3 is 0 Å². The fraction of sp³-hybridized carbons (Fsp3) is 0.571. The van der Waals surface area contributed by atoms with E-state index >= 15 is 0 Å². The highest BCUT2D eigenvalue weighted by Crippen LogP contribution is 2.46. The van der Waals surface area contributed by atoms with Gasteiger partial charge in [-0.05, 0) is 67.9 Å². The number of carbonyl (C=O) groups is 1. The van der Waals surface area contributed by atoms with Gasteiger partial charge in [-0.15, -0.1) is 0 Å². The summed E-state index contributed by atoms with van der Waals surface area (Å²) in [4.78, 5) is 19.6. The molecule has 0 radical (unpaired) electrons. The third-order valence-electron chi connectivity index (χ3n) is 7.61. The van der Waals surface area contributed by atoms with E-state index in [0.717, 1.165) is 73.1 Å². The Balaban J connectivity index is 1.61. The number of hydrogen-bond donors (Lipinski definition) is 2. The number of rotatable bonds is 11. The van der Waals surface area contributed by atoms with Crippen molar-refractivity contribution in [3.05, 3.63) is 35.0 Å². The van der Waals surface area contributed by atoms with E-state index in [4.69, 9.17) is 9.47 Å². The van der Waals surface area contributed by atoms with Crippen molar-refractivity contribution in [2.24, 2.45) is 0 Å². The molecule has 5 rings (SSSR count). The molecule has 0 spiro atoms. The molecule has 0 bridgehead atoms. The zero-order chi connectivity index (χ0) is 24.4. The van der Waals surface area contributed by atoms with Gasteiger partial charge in [-0.2, -0.15) is 5.10 Å². The molecule has 2 N–H and O–H groups in total. The molecule has 0 unspecified atom stereocenters. The maximum Gasteiger partial charge on any atom is 0.242 e. The number of anilines is 1. The number of carbonyl (C=O) groups excluding carboxylic acids is 1. The highest BCUT2D eigenvalue weighted by atomic mass is 16.5. The quantitative estimate of drug-likeness (QED) is 0.367. The molecule has 3 heterocycles. The lowest BCUT2D eigenvalue weighted by Crippen LogP contribution is -2.47. The van der Waals surface area contributed by atoms with E-state index in [0.29, 0.717) is 33.0 Å². The fourth-order valence-electron chi connectivity index (χ4n) is 5.64. The SMILES string of the molecule is CCCCOCC1(COCCCC)C(=O)N(CC)c2cc3c4c([nH]c3cc21)-c1n[nH]cc1CCC4. The third kappa shape index (κ3) is 4.08. The van der Waals surface area contributed by atoms with Crippen molar-refractivity contribution in [2.45, 2.75) is 71.1 Å². The lowest BCUT2D eigenvalue weighted by atomic mass is 9.82. The molecule has 1 amide bonds. The third-order valence-corrected chi connectivity index (χ3v) is 7.61. The molecule has 188 valence electrons. The molecule has 1 aliphatic heterocycles. The summed E-state index contributed by atoms with van der Waals surface area (Å²) in [5.74, 6) is 0.0938. The Labute approximate surface area is 207 Å². The van der Waals surface area contributed by atoms with Crippen LogP contribution in [0.15, 0.2) is 18.3 Å². The molecule has 2 aromatic heterocycles. The Morgan fingerprint density at radius 2 is 1.80 bits per heavy atom. The van der Waals surface area contributed by atoms with E-state index in [1.165, 1.54) is 16.5 Å². The van der Waals surface area contributed by atoms with Crippen LogP contribution in [0.1, 0.15) is 69.6 Å². The van der Waals surface area contributed by atoms with Gasteiger partial charge in [-0.3, -0.25) is 9.89 Å². The highest BCUT2D eigenvalue weighted by Gasteiger charge is 2.51. The summed E-state index contributed by atoms with van der Waals surface area (Å²) >= 11 is 0. The molecular formula is C28H38N4O3. The van der Waals surface area contributed by atoms with Crippen molar-refractivity contribution >= 4 is 22.5 Å². The van der Waals surface area contributed by atoms with E-state index in [9.17, 15) is 4.79 Å². The van der Waals surface area contributed by atoms with Gasteiger partial charge < -0.3 is 19.4 Å². The lowest BCUT2D eigenvalue weighted by Gasteiger charge is -2.28. The second kappa shape index (κ2) is 10.2. The molecule has 7 heteroatoms. The second-order valence-corrected chi connectivity index (χ2v) is 9.95. The van der Waals surface area contributed by atoms with Crippen LogP contribution in [-0.4, -0.2) is 54.1 Å². The maximum absolute atomic E-state index is 14.0. The van der Waals surface area contributed by atoms with Crippen LogP contribution in [0.3, 0.4) is 0 Å². The van der Waals surface area contributed by atoms with Crippen LogP contribution < -0.4 is 4.90 Å². The zero-order valence-corrected chi connectivity index (χ0v) is 21.3. The molecule has 0 saturated carbocycles. The first kappa shape index (κ1) is 24.1. The maximum atomic E-state index is 14.0. The van der Waals surface area contributed by atoms with E-state index in [-0.39, 0.29) is 5.91 Å². The smallest absolute Gasteiger partial charge is 0.242 e. The van der Waals surface area contributed by atoms with Gasteiger partial charge in [-0.25, -0.2) is 0 Å². The van der Waals surface area contributed by atoms with Crippen LogP contribution in [0.5, 0.6) is 0 Å². The molecule has 2 aliphatic rings. The number of unbranched alkanes of at least 4 members (excludes halogenated alkanes) is 2. The summed E-state index contributed by atoms with van der Waals surface area (Å²) in [5.41, 5.74) is 6.94. The Morgan fingerprint density at radius 3 is 2.49 bits per heavy atom. The molecule has 35 heavy (non-hydrogen) atoms. The number of H-pyrrole nitrogens is 2. The minimum absolute atomic E-state index is 0.0938. The first-order valence-electron chi connectivity index (χ1n) is 13.3. The van der Waals surface area contributed by atoms with Gasteiger partial charge in [-0.1, -0.05) is 26.7 Å². The number of nitrogens with zero attached hydrogens (tertiary/aromatic N) is 2. The molecule has 7 nitrogen and oxygen atoms in total. The van der Waals surface area contributed by atoms with Gasteiger partial charge in [0.2, 0.25) is 5.91 Å². The Morgan fingerprint density at radius 1 is 1.06 bits per heavy atom. The van der Waals surface area contributed by atoms with E-state index in [1.54, 1.807) is 0 Å². The van der Waals surface area contributed by atoms with Gasteiger partial charge in [0.05, 0.1) is 18.9 Å². The van der Waals surface area contributed by atoms with E-state index in [1.807, 2.05) is 18.0 Å². The molecule has 3 aromatic rings. The van der Waals surface area contributed by atoms with Crippen molar-refractivity contribution in [3.63, 3.8) is 0 Å². The highest BCUT2D eigenvalue weighted by molar-refractivity contribution is 6.11. The van der Waals surface area contributed by atoms with E-state index < -0.39 is 5.41 Å². The van der Waals surface area contributed by atoms with Crippen LogP contribution in [0.25, 0.3) is 22.3 Å². The first-order valence-corrected chi connectivity index (χ1v) is 13.3. The van der Waals surface area contributed by atoms with Crippen molar-refractivity contribution in [1.82, 2.24) is 15.2 Å². The number of aromatic nitrogens is 3. The summed E-state index contributed by atoms with van der Waals surface area (Å²) < 4.78 is 12.3. The topological polar surface area (TPSA) is 83.2 Å². The summed E-state index contributed by atoms with van der Waals surface area (Å²) in [5, 5.41) is 8.79. The largest absolute Gasteiger partial charge is 0.380 e. The number of fused-ring (bicyclic) bond motifs is 6. The fourth-order valence-corrected chi connectivity index (χ4v) is 5.64. The van der Waals surface area contributed by atoms with Crippen molar-refractivity contribution in [3.8, 4) is 11.4 Å². The molecule has 0 atom stereocenters. The van der Waals surface area contributed by atoms with Crippen LogP contribution in [0, 0.1) is 0 Å². The first-order chi connectivity index (χ1) is 17.1. The number of ether oxygens (including phenoxy) is 2. The average molecular weight is 479 g/mol. The van der Waals surface area contributed by atoms with Crippen LogP contribution in [0.2, 0.25) is 0 Å². The number of benzene rings is 1. The average Bonchev–Trinajstić information content (AvgIpc) is 3.49. The summed E-state index contributed by atoms with van der Waals surface area (Å²) in [7, 11) is 0.